The molecule has 4 heteroatoms. The first kappa shape index (κ1) is 15.8. The molecule has 116 valence electrons. The Balaban J connectivity index is 1.84. The van der Waals surface area contributed by atoms with Gasteiger partial charge in [0.05, 0.1) is 0 Å². The van der Waals surface area contributed by atoms with Crippen molar-refractivity contribution in [1.82, 2.24) is 5.32 Å². The Bertz CT molecular complexity index is 422. The number of carbonyl (C=O) groups is 1. The minimum absolute atomic E-state index is 0.0905. The van der Waals surface area contributed by atoms with E-state index in [1.54, 1.807) is 0 Å². The van der Waals surface area contributed by atoms with Crippen molar-refractivity contribution in [3.8, 4) is 0 Å². The maximum atomic E-state index is 11.8. The lowest BCUT2D eigenvalue weighted by molar-refractivity contribution is -0.116. The number of carbonyl (C=O) groups excluding carboxylic acids is 1. The zero-order chi connectivity index (χ0) is 14.9. The molecule has 0 aliphatic carbocycles. The van der Waals surface area contributed by atoms with Gasteiger partial charge in [-0.15, -0.1) is 0 Å². The molecular weight excluding hydrogens is 262 g/mol. The molecule has 0 saturated carbocycles. The lowest BCUT2D eigenvalue weighted by atomic mass is 10.2. The average Bonchev–Trinajstić information content (AvgIpc) is 2.77. The third kappa shape index (κ3) is 5.38. The van der Waals surface area contributed by atoms with Crippen molar-refractivity contribution in [2.45, 2.75) is 38.5 Å². The maximum Gasteiger partial charge on any atom is 0.224 e. The van der Waals surface area contributed by atoms with Crippen LogP contribution in [0, 0.1) is 0 Å². The highest BCUT2D eigenvalue weighted by atomic mass is 16.1. The van der Waals surface area contributed by atoms with Gasteiger partial charge < -0.3 is 15.5 Å². The van der Waals surface area contributed by atoms with Crippen LogP contribution in [0.5, 0.6) is 0 Å². The van der Waals surface area contributed by atoms with E-state index in [2.05, 4.69) is 27.7 Å². The predicted octanol–water partition coefficient (Wildman–Crippen LogP) is 3.01. The molecule has 0 spiro atoms. The van der Waals surface area contributed by atoms with Gasteiger partial charge in [-0.3, -0.25) is 4.79 Å². The summed E-state index contributed by atoms with van der Waals surface area (Å²) in [6, 6.07) is 8.26. The molecule has 1 aromatic carbocycles. The smallest absolute Gasteiger partial charge is 0.224 e. The van der Waals surface area contributed by atoms with E-state index in [0.29, 0.717) is 6.42 Å². The third-order valence-corrected chi connectivity index (χ3v) is 3.95. The third-order valence-electron chi connectivity index (χ3n) is 3.95. The van der Waals surface area contributed by atoms with E-state index >= 15 is 0 Å². The van der Waals surface area contributed by atoms with Gasteiger partial charge in [-0.25, -0.2) is 0 Å². The van der Waals surface area contributed by atoms with E-state index in [-0.39, 0.29) is 5.91 Å². The Morgan fingerprint density at radius 3 is 2.38 bits per heavy atom. The lowest BCUT2D eigenvalue weighted by Gasteiger charge is -2.22. The number of amides is 1. The van der Waals surface area contributed by atoms with Crippen LogP contribution < -0.4 is 15.5 Å². The molecule has 0 bridgehead atoms. The van der Waals surface area contributed by atoms with E-state index in [0.717, 1.165) is 31.7 Å². The summed E-state index contributed by atoms with van der Waals surface area (Å²) in [5, 5.41) is 6.01. The molecule has 0 radical (unpaired) electrons. The van der Waals surface area contributed by atoms with E-state index in [4.69, 9.17) is 0 Å². The van der Waals surface area contributed by atoms with Crippen LogP contribution in [0.15, 0.2) is 24.3 Å². The van der Waals surface area contributed by atoms with Gasteiger partial charge in [-0.05, 0) is 57.1 Å². The average molecular weight is 289 g/mol. The first-order valence-corrected chi connectivity index (χ1v) is 8.09. The summed E-state index contributed by atoms with van der Waals surface area (Å²) in [4.78, 5) is 14.2. The minimum atomic E-state index is 0.0905. The van der Waals surface area contributed by atoms with Crippen molar-refractivity contribution in [2.24, 2.45) is 0 Å². The Labute approximate surface area is 127 Å². The minimum Gasteiger partial charge on any atom is -0.372 e. The van der Waals surface area contributed by atoms with E-state index in [1.165, 1.54) is 31.4 Å². The molecule has 1 heterocycles. The Kier molecular flexibility index (Phi) is 6.54. The van der Waals surface area contributed by atoms with Gasteiger partial charge >= 0.3 is 0 Å². The number of nitrogens with zero attached hydrogens (tertiary/aromatic N) is 1. The van der Waals surface area contributed by atoms with Crippen molar-refractivity contribution >= 4 is 17.3 Å². The number of benzene rings is 1. The zero-order valence-electron chi connectivity index (χ0n) is 13.0. The van der Waals surface area contributed by atoms with E-state index in [1.807, 2.05) is 19.2 Å². The maximum absolute atomic E-state index is 11.8. The van der Waals surface area contributed by atoms with Crippen LogP contribution >= 0.6 is 0 Å². The Hall–Kier alpha value is -1.55. The van der Waals surface area contributed by atoms with Gasteiger partial charge in [0.1, 0.15) is 0 Å². The van der Waals surface area contributed by atoms with E-state index < -0.39 is 0 Å². The van der Waals surface area contributed by atoms with Crippen molar-refractivity contribution in [3.63, 3.8) is 0 Å². The van der Waals surface area contributed by atoms with Gasteiger partial charge in [-0.2, -0.15) is 0 Å². The molecule has 1 aliphatic rings. The van der Waals surface area contributed by atoms with Crippen LogP contribution in [0.25, 0.3) is 0 Å². The van der Waals surface area contributed by atoms with Gasteiger partial charge in [0.25, 0.3) is 0 Å². The first-order valence-electron chi connectivity index (χ1n) is 8.09. The number of nitrogens with one attached hydrogen (secondary N) is 2. The highest BCUT2D eigenvalue weighted by Crippen LogP contribution is 2.21. The second-order valence-corrected chi connectivity index (χ2v) is 5.70. The zero-order valence-corrected chi connectivity index (χ0v) is 13.0. The summed E-state index contributed by atoms with van der Waals surface area (Å²) in [7, 11) is 1.90. The summed E-state index contributed by atoms with van der Waals surface area (Å²) in [5.74, 6) is 0.0905. The second kappa shape index (κ2) is 8.67. The normalized spacial score (nSPS) is 15.6. The predicted molar refractivity (Wildman–Crippen MR) is 88.9 cm³/mol. The quantitative estimate of drug-likeness (QED) is 0.791. The molecule has 1 aromatic rings. The molecule has 1 amide bonds. The van der Waals surface area contributed by atoms with Crippen molar-refractivity contribution < 1.29 is 4.79 Å². The molecule has 1 fully saturated rings. The molecule has 4 nitrogen and oxygen atoms in total. The summed E-state index contributed by atoms with van der Waals surface area (Å²) in [5.41, 5.74) is 2.16. The van der Waals surface area contributed by atoms with Crippen molar-refractivity contribution in [2.75, 3.05) is 36.9 Å². The molecule has 0 atom stereocenters. The second-order valence-electron chi connectivity index (χ2n) is 5.70. The molecular formula is C17H27N3O. The van der Waals surface area contributed by atoms with Crippen LogP contribution in [0.3, 0.4) is 0 Å². The van der Waals surface area contributed by atoms with Crippen molar-refractivity contribution in [1.29, 1.82) is 0 Å². The van der Waals surface area contributed by atoms with Crippen LogP contribution in [0.1, 0.15) is 38.5 Å². The standard InChI is InChI=1S/C17H27N3O/c1-18-12-6-7-17(21)19-15-8-10-16(11-9-15)20-13-4-2-3-5-14-20/h8-11,18H,2-7,12-14H2,1H3,(H,19,21). The Morgan fingerprint density at radius 2 is 1.76 bits per heavy atom. The first-order chi connectivity index (χ1) is 10.3. The fraction of sp³-hybridized carbons (Fsp3) is 0.588. The van der Waals surface area contributed by atoms with Gasteiger partial charge in [0.15, 0.2) is 0 Å². The van der Waals surface area contributed by atoms with Gasteiger partial charge in [0.2, 0.25) is 5.91 Å². The summed E-state index contributed by atoms with van der Waals surface area (Å²) in [6.07, 6.45) is 6.69. The van der Waals surface area contributed by atoms with Crippen LogP contribution in [0.4, 0.5) is 11.4 Å². The van der Waals surface area contributed by atoms with Crippen LogP contribution in [-0.4, -0.2) is 32.6 Å². The van der Waals surface area contributed by atoms with Gasteiger partial charge in [-0.1, -0.05) is 12.8 Å². The monoisotopic (exact) mass is 289 g/mol. The van der Waals surface area contributed by atoms with Gasteiger partial charge in [0, 0.05) is 30.9 Å². The molecule has 1 saturated heterocycles. The molecule has 21 heavy (non-hydrogen) atoms. The number of rotatable bonds is 6. The highest BCUT2D eigenvalue weighted by Gasteiger charge is 2.10. The van der Waals surface area contributed by atoms with Crippen LogP contribution in [0.2, 0.25) is 0 Å². The summed E-state index contributed by atoms with van der Waals surface area (Å²) >= 11 is 0. The molecule has 1 aliphatic heterocycles. The summed E-state index contributed by atoms with van der Waals surface area (Å²) < 4.78 is 0. The number of anilines is 2. The SMILES string of the molecule is CNCCCC(=O)Nc1ccc(N2CCCCCC2)cc1. The highest BCUT2D eigenvalue weighted by molar-refractivity contribution is 5.90. The largest absolute Gasteiger partial charge is 0.372 e. The molecule has 0 aromatic heterocycles. The topological polar surface area (TPSA) is 44.4 Å². The fourth-order valence-corrected chi connectivity index (χ4v) is 2.73. The van der Waals surface area contributed by atoms with Crippen LogP contribution in [-0.2, 0) is 4.79 Å². The molecule has 2 N–H and O–H groups in total. The number of hydrogen-bond donors (Lipinski definition) is 2. The van der Waals surface area contributed by atoms with Crippen molar-refractivity contribution in [3.05, 3.63) is 24.3 Å². The fourth-order valence-electron chi connectivity index (χ4n) is 2.73. The summed E-state index contributed by atoms with van der Waals surface area (Å²) in [6.45, 7) is 3.17. The molecule has 2 rings (SSSR count). The number of hydrogen-bond acceptors (Lipinski definition) is 3. The lowest BCUT2D eigenvalue weighted by Crippen LogP contribution is -2.23. The molecule has 0 unspecified atom stereocenters. The van der Waals surface area contributed by atoms with E-state index in [9.17, 15) is 4.79 Å². The Morgan fingerprint density at radius 1 is 1.10 bits per heavy atom.